The third-order valence-electron chi connectivity index (χ3n) is 5.35. The number of carbonyl (C=O) groups excluding carboxylic acids is 2. The molecular weight excluding hydrogens is 290 g/mol. The Balaban J connectivity index is 1.51. The van der Waals surface area contributed by atoms with Crippen molar-refractivity contribution in [2.75, 3.05) is 6.61 Å². The number of cyclic esters (lactones) is 1. The average molecular weight is 311 g/mol. The Hall–Kier alpha value is -2.10. The molecule has 0 aromatic heterocycles. The summed E-state index contributed by atoms with van der Waals surface area (Å²) in [5.74, 6) is 0.154. The molecule has 1 aromatic rings. The Bertz CT molecular complexity index is 674. The van der Waals surface area contributed by atoms with Gasteiger partial charge >= 0.3 is 5.97 Å². The van der Waals surface area contributed by atoms with E-state index < -0.39 is 5.41 Å². The first-order valence-electron chi connectivity index (χ1n) is 8.30. The van der Waals surface area contributed by atoms with E-state index in [-0.39, 0.29) is 17.8 Å². The molecule has 0 bridgehead atoms. The van der Waals surface area contributed by atoms with Crippen molar-refractivity contribution in [3.63, 3.8) is 0 Å². The monoisotopic (exact) mass is 311 g/mol. The second-order valence-corrected chi connectivity index (χ2v) is 7.20. The molecule has 2 unspecified atom stereocenters. The van der Waals surface area contributed by atoms with Gasteiger partial charge in [0.25, 0.3) is 5.91 Å². The lowest BCUT2D eigenvalue weighted by atomic mass is 9.75. The summed E-state index contributed by atoms with van der Waals surface area (Å²) in [6, 6.07) is 7.98. The molecule has 1 amide bonds. The fourth-order valence-electron chi connectivity index (χ4n) is 3.90. The number of rotatable bonds is 4. The van der Waals surface area contributed by atoms with Crippen molar-refractivity contribution in [3.8, 4) is 0 Å². The maximum Gasteiger partial charge on any atom is 0.313 e. The van der Waals surface area contributed by atoms with E-state index in [0.717, 1.165) is 36.8 Å². The molecule has 2 aliphatic carbocycles. The number of esters is 1. The van der Waals surface area contributed by atoms with E-state index in [1.165, 1.54) is 0 Å². The fourth-order valence-corrected chi connectivity index (χ4v) is 3.90. The Morgan fingerprint density at radius 1 is 1.30 bits per heavy atom. The fraction of sp³-hybridized carbons (Fsp3) is 0.474. The molecule has 1 saturated heterocycles. The van der Waals surface area contributed by atoms with Gasteiger partial charge in [0.1, 0.15) is 0 Å². The smallest absolute Gasteiger partial charge is 0.313 e. The van der Waals surface area contributed by atoms with Gasteiger partial charge in [-0.1, -0.05) is 24.3 Å². The highest BCUT2D eigenvalue weighted by atomic mass is 16.5. The SMILES string of the molecule is C=C1CC2COC(=O)C2(Cc2ccc(C(=O)NC3CC3)cc2)C1. The minimum Gasteiger partial charge on any atom is -0.465 e. The second kappa shape index (κ2) is 5.22. The Morgan fingerprint density at radius 3 is 2.74 bits per heavy atom. The molecular formula is C19H21NO3. The summed E-state index contributed by atoms with van der Waals surface area (Å²) in [5.41, 5.74) is 2.47. The molecule has 120 valence electrons. The summed E-state index contributed by atoms with van der Waals surface area (Å²) in [4.78, 5) is 24.3. The van der Waals surface area contributed by atoms with E-state index in [9.17, 15) is 9.59 Å². The number of allylic oxidation sites excluding steroid dienone is 1. The summed E-state index contributed by atoms with van der Waals surface area (Å²) < 4.78 is 5.31. The van der Waals surface area contributed by atoms with Crippen LogP contribution in [-0.2, 0) is 16.0 Å². The first-order chi connectivity index (χ1) is 11.1. The molecule has 4 heteroatoms. The molecule has 2 atom stereocenters. The highest BCUT2D eigenvalue weighted by molar-refractivity contribution is 5.94. The number of hydrogen-bond acceptors (Lipinski definition) is 3. The lowest BCUT2D eigenvalue weighted by Crippen LogP contribution is -2.31. The van der Waals surface area contributed by atoms with Gasteiger partial charge in [-0.05, 0) is 49.8 Å². The topological polar surface area (TPSA) is 55.4 Å². The van der Waals surface area contributed by atoms with Gasteiger partial charge in [0.15, 0.2) is 0 Å². The van der Waals surface area contributed by atoms with Gasteiger partial charge in [0.2, 0.25) is 0 Å². The molecule has 3 fully saturated rings. The van der Waals surface area contributed by atoms with Gasteiger partial charge in [-0.15, -0.1) is 0 Å². The number of benzene rings is 1. The van der Waals surface area contributed by atoms with Crippen molar-refractivity contribution >= 4 is 11.9 Å². The zero-order chi connectivity index (χ0) is 16.0. The van der Waals surface area contributed by atoms with E-state index >= 15 is 0 Å². The quantitative estimate of drug-likeness (QED) is 0.687. The van der Waals surface area contributed by atoms with E-state index in [4.69, 9.17) is 4.74 Å². The highest BCUT2D eigenvalue weighted by Crippen LogP contribution is 2.52. The van der Waals surface area contributed by atoms with Crippen LogP contribution in [0.25, 0.3) is 0 Å². The van der Waals surface area contributed by atoms with Crippen molar-refractivity contribution in [2.45, 2.75) is 38.1 Å². The van der Waals surface area contributed by atoms with Crippen LogP contribution in [0.2, 0.25) is 0 Å². The van der Waals surface area contributed by atoms with Gasteiger partial charge in [-0.3, -0.25) is 9.59 Å². The zero-order valence-corrected chi connectivity index (χ0v) is 13.1. The molecule has 1 aromatic carbocycles. The first kappa shape index (κ1) is 14.5. The molecule has 0 radical (unpaired) electrons. The minimum atomic E-state index is -0.436. The molecule has 3 aliphatic rings. The molecule has 2 saturated carbocycles. The third-order valence-corrected chi connectivity index (χ3v) is 5.35. The number of amides is 1. The highest BCUT2D eigenvalue weighted by Gasteiger charge is 2.55. The minimum absolute atomic E-state index is 0.00962. The van der Waals surface area contributed by atoms with Crippen LogP contribution < -0.4 is 5.32 Å². The van der Waals surface area contributed by atoms with Crippen LogP contribution >= 0.6 is 0 Å². The number of fused-ring (bicyclic) bond motifs is 1. The summed E-state index contributed by atoms with van der Waals surface area (Å²) in [7, 11) is 0. The Morgan fingerprint density at radius 2 is 2.04 bits per heavy atom. The molecule has 0 spiro atoms. The average Bonchev–Trinajstić information content (AvgIpc) is 3.22. The Kier molecular flexibility index (Phi) is 3.29. The van der Waals surface area contributed by atoms with Gasteiger partial charge < -0.3 is 10.1 Å². The standard InChI is InChI=1S/C19H21NO3/c1-12-8-15-11-23-18(22)19(15,9-12)10-13-2-4-14(5-3-13)17(21)20-16-6-7-16/h2-5,15-16H,1,6-11H2,(H,20,21). The summed E-state index contributed by atoms with van der Waals surface area (Å²) in [5, 5.41) is 2.99. The van der Waals surface area contributed by atoms with Crippen molar-refractivity contribution < 1.29 is 14.3 Å². The number of nitrogens with one attached hydrogen (secondary N) is 1. The number of carbonyl (C=O) groups is 2. The summed E-state index contributed by atoms with van der Waals surface area (Å²) in [6.45, 7) is 4.58. The maximum atomic E-state index is 12.3. The molecule has 1 N–H and O–H groups in total. The van der Waals surface area contributed by atoms with Gasteiger partial charge in [-0.25, -0.2) is 0 Å². The molecule has 23 heavy (non-hydrogen) atoms. The molecule has 4 nitrogen and oxygen atoms in total. The number of hydrogen-bond donors (Lipinski definition) is 1. The van der Waals surface area contributed by atoms with Gasteiger partial charge in [0.05, 0.1) is 12.0 Å². The lowest BCUT2D eigenvalue weighted by Gasteiger charge is -2.24. The largest absolute Gasteiger partial charge is 0.465 e. The van der Waals surface area contributed by atoms with Crippen LogP contribution in [0.15, 0.2) is 36.4 Å². The van der Waals surface area contributed by atoms with E-state index in [1.54, 1.807) is 0 Å². The van der Waals surface area contributed by atoms with Crippen LogP contribution in [0.5, 0.6) is 0 Å². The van der Waals surface area contributed by atoms with E-state index in [0.29, 0.717) is 24.6 Å². The predicted molar refractivity (Wildman–Crippen MR) is 85.9 cm³/mol. The van der Waals surface area contributed by atoms with Crippen molar-refractivity contribution in [3.05, 3.63) is 47.5 Å². The van der Waals surface area contributed by atoms with Crippen LogP contribution in [0.4, 0.5) is 0 Å². The second-order valence-electron chi connectivity index (χ2n) is 7.20. The summed E-state index contributed by atoms with van der Waals surface area (Å²) in [6.07, 6.45) is 4.44. The van der Waals surface area contributed by atoms with Gasteiger partial charge in [-0.2, -0.15) is 0 Å². The van der Waals surface area contributed by atoms with Crippen LogP contribution in [0, 0.1) is 11.3 Å². The van der Waals surface area contributed by atoms with Crippen LogP contribution in [0.1, 0.15) is 41.6 Å². The zero-order valence-electron chi connectivity index (χ0n) is 13.1. The van der Waals surface area contributed by atoms with Crippen molar-refractivity contribution in [1.82, 2.24) is 5.32 Å². The van der Waals surface area contributed by atoms with E-state index in [2.05, 4.69) is 11.9 Å². The molecule has 1 aliphatic heterocycles. The third kappa shape index (κ3) is 2.56. The van der Waals surface area contributed by atoms with Crippen LogP contribution in [-0.4, -0.2) is 24.5 Å². The van der Waals surface area contributed by atoms with Crippen molar-refractivity contribution in [1.29, 1.82) is 0 Å². The normalized spacial score (nSPS) is 29.3. The Labute approximate surface area is 135 Å². The first-order valence-corrected chi connectivity index (χ1v) is 8.30. The lowest BCUT2D eigenvalue weighted by molar-refractivity contribution is -0.146. The van der Waals surface area contributed by atoms with Crippen LogP contribution in [0.3, 0.4) is 0 Å². The maximum absolute atomic E-state index is 12.3. The number of ether oxygens (including phenoxy) is 1. The van der Waals surface area contributed by atoms with E-state index in [1.807, 2.05) is 24.3 Å². The summed E-state index contributed by atoms with van der Waals surface area (Å²) >= 11 is 0. The van der Waals surface area contributed by atoms with Gasteiger partial charge in [0, 0.05) is 17.5 Å². The molecule has 1 heterocycles. The predicted octanol–water partition coefficient (Wildman–Crippen LogP) is 2.63. The van der Waals surface area contributed by atoms with Crippen molar-refractivity contribution in [2.24, 2.45) is 11.3 Å². The molecule has 4 rings (SSSR count).